The number of ether oxygens (including phenoxy) is 1. The highest BCUT2D eigenvalue weighted by atomic mass is 79.9. The molecule has 0 aromatic heterocycles. The summed E-state index contributed by atoms with van der Waals surface area (Å²) in [7, 11) is 1.60. The lowest BCUT2D eigenvalue weighted by Crippen LogP contribution is -2.31. The zero-order chi connectivity index (χ0) is 13.0. The fourth-order valence-electron chi connectivity index (χ4n) is 1.52. The monoisotopic (exact) mass is 324 g/mol. The van der Waals surface area contributed by atoms with E-state index in [-0.39, 0.29) is 17.2 Å². The van der Waals surface area contributed by atoms with E-state index in [1.54, 1.807) is 19.2 Å². The fourth-order valence-corrected chi connectivity index (χ4v) is 2.00. The third-order valence-corrected chi connectivity index (χ3v) is 3.87. The number of nitrogens with one attached hydrogen (secondary N) is 1. The van der Waals surface area contributed by atoms with Crippen LogP contribution in [0.3, 0.4) is 0 Å². The molecule has 0 saturated heterocycles. The summed E-state index contributed by atoms with van der Waals surface area (Å²) < 4.78 is 19.6. The van der Waals surface area contributed by atoms with Gasteiger partial charge in [0.2, 0.25) is 0 Å². The second kappa shape index (κ2) is 6.66. The Morgan fingerprint density at radius 3 is 2.76 bits per heavy atom. The molecule has 0 aliphatic carbocycles. The van der Waals surface area contributed by atoms with Gasteiger partial charge in [0.15, 0.2) is 0 Å². The summed E-state index contributed by atoms with van der Waals surface area (Å²) >= 11 is 9.00. The van der Waals surface area contributed by atoms with E-state index in [9.17, 15) is 4.39 Å². The van der Waals surface area contributed by atoms with E-state index < -0.39 is 5.82 Å². The molecule has 96 valence electrons. The fraction of sp³-hybridized carbons (Fsp3) is 0.455. The molecule has 0 saturated carbocycles. The summed E-state index contributed by atoms with van der Waals surface area (Å²) in [5.41, 5.74) is 3.01. The lowest BCUT2D eigenvalue weighted by atomic mass is 10.0. The zero-order valence-corrected chi connectivity index (χ0v) is 12.0. The molecule has 0 aliphatic heterocycles. The molecule has 3 N–H and O–H groups in total. The Hall–Kier alpha value is -0.200. The summed E-state index contributed by atoms with van der Waals surface area (Å²) in [4.78, 5) is 0. The van der Waals surface area contributed by atoms with Crippen LogP contribution in [-0.2, 0) is 4.74 Å². The minimum atomic E-state index is -0.465. The summed E-state index contributed by atoms with van der Waals surface area (Å²) in [6.45, 7) is 1.89. The van der Waals surface area contributed by atoms with Crippen LogP contribution < -0.4 is 11.3 Å². The predicted molar refractivity (Wildman–Crippen MR) is 70.3 cm³/mol. The van der Waals surface area contributed by atoms with E-state index in [2.05, 4.69) is 21.4 Å². The maximum absolute atomic E-state index is 14.0. The van der Waals surface area contributed by atoms with Gasteiger partial charge in [-0.1, -0.05) is 17.7 Å². The van der Waals surface area contributed by atoms with Crippen molar-refractivity contribution in [2.24, 2.45) is 5.84 Å². The smallest absolute Gasteiger partial charge is 0.147 e. The Kier molecular flexibility index (Phi) is 5.82. The minimum Gasteiger partial charge on any atom is -0.382 e. The molecule has 0 bridgehead atoms. The first-order chi connectivity index (χ1) is 8.01. The molecule has 0 radical (unpaired) electrons. The number of rotatable bonds is 5. The zero-order valence-electron chi connectivity index (χ0n) is 9.64. The second-order valence-corrected chi connectivity index (χ2v) is 5.00. The minimum absolute atomic E-state index is 0.0297. The van der Waals surface area contributed by atoms with Crippen molar-refractivity contribution < 1.29 is 9.13 Å². The number of hydrogen-bond acceptors (Lipinski definition) is 3. The largest absolute Gasteiger partial charge is 0.382 e. The van der Waals surface area contributed by atoms with Gasteiger partial charge < -0.3 is 4.74 Å². The number of methoxy groups -OCH3 is 1. The Labute approximate surface area is 114 Å². The van der Waals surface area contributed by atoms with E-state index >= 15 is 0 Å². The summed E-state index contributed by atoms with van der Waals surface area (Å²) in [6.07, 6.45) is 0.528. The van der Waals surface area contributed by atoms with Crippen LogP contribution in [0.15, 0.2) is 16.6 Å². The Morgan fingerprint density at radius 1 is 1.59 bits per heavy atom. The number of halogens is 3. The summed E-state index contributed by atoms with van der Waals surface area (Å²) in [6, 6.07) is 3.01. The summed E-state index contributed by atoms with van der Waals surface area (Å²) in [5, 5.41) is 0.0628. The number of benzene rings is 1. The van der Waals surface area contributed by atoms with Crippen molar-refractivity contribution >= 4 is 27.5 Å². The molecule has 2 unspecified atom stereocenters. The normalized spacial score (nSPS) is 14.7. The van der Waals surface area contributed by atoms with Gasteiger partial charge in [0.1, 0.15) is 5.82 Å². The van der Waals surface area contributed by atoms with Crippen LogP contribution >= 0.6 is 27.5 Å². The van der Waals surface area contributed by atoms with Crippen molar-refractivity contribution in [3.63, 3.8) is 0 Å². The van der Waals surface area contributed by atoms with Gasteiger partial charge in [-0.25, -0.2) is 4.39 Å². The molecule has 1 aromatic rings. The molecule has 0 aliphatic rings. The third-order valence-electron chi connectivity index (χ3n) is 2.61. The Bertz CT molecular complexity index is 392. The maximum Gasteiger partial charge on any atom is 0.147 e. The average molecular weight is 326 g/mol. The quantitative estimate of drug-likeness (QED) is 0.496. The second-order valence-electron chi connectivity index (χ2n) is 3.77. The standard InChI is InChI=1S/C11H15BrClFN2O/c1-6(17-2)5-9(16-15)7-3-4-8(12)10(13)11(7)14/h3-4,6,9,16H,5,15H2,1-2H3. The average Bonchev–Trinajstić information content (AvgIpc) is 2.33. The number of hydrazine groups is 1. The molecular formula is C11H15BrClFN2O. The van der Waals surface area contributed by atoms with Crippen molar-refractivity contribution in [3.05, 3.63) is 33.0 Å². The Balaban J connectivity index is 3.00. The van der Waals surface area contributed by atoms with Gasteiger partial charge >= 0.3 is 0 Å². The first kappa shape index (κ1) is 14.9. The van der Waals surface area contributed by atoms with Crippen LogP contribution in [0, 0.1) is 5.82 Å². The van der Waals surface area contributed by atoms with Crippen LogP contribution in [0.2, 0.25) is 5.02 Å². The van der Waals surface area contributed by atoms with Crippen molar-refractivity contribution in [1.29, 1.82) is 0 Å². The topological polar surface area (TPSA) is 47.3 Å². The summed E-state index contributed by atoms with van der Waals surface area (Å²) in [5.74, 6) is 4.97. The molecule has 2 atom stereocenters. The van der Waals surface area contributed by atoms with E-state index in [4.69, 9.17) is 22.2 Å². The van der Waals surface area contributed by atoms with Gasteiger partial charge in [-0.3, -0.25) is 11.3 Å². The van der Waals surface area contributed by atoms with E-state index in [1.807, 2.05) is 6.92 Å². The van der Waals surface area contributed by atoms with Crippen LogP contribution in [0.25, 0.3) is 0 Å². The highest BCUT2D eigenvalue weighted by molar-refractivity contribution is 9.10. The maximum atomic E-state index is 14.0. The molecule has 3 nitrogen and oxygen atoms in total. The highest BCUT2D eigenvalue weighted by Gasteiger charge is 2.20. The molecule has 1 rings (SSSR count). The van der Waals surface area contributed by atoms with Crippen molar-refractivity contribution in [1.82, 2.24) is 5.43 Å². The van der Waals surface area contributed by atoms with Crippen LogP contribution in [0.1, 0.15) is 24.9 Å². The predicted octanol–water partition coefficient (Wildman–Crippen LogP) is 3.17. The van der Waals surface area contributed by atoms with Gasteiger partial charge in [-0.05, 0) is 35.3 Å². The van der Waals surface area contributed by atoms with Gasteiger partial charge in [0, 0.05) is 17.1 Å². The van der Waals surface area contributed by atoms with Crippen LogP contribution in [-0.4, -0.2) is 13.2 Å². The first-order valence-electron chi connectivity index (χ1n) is 5.13. The van der Waals surface area contributed by atoms with E-state index in [1.165, 1.54) is 0 Å². The highest BCUT2D eigenvalue weighted by Crippen LogP contribution is 2.31. The molecule has 6 heteroatoms. The van der Waals surface area contributed by atoms with Gasteiger partial charge in [-0.15, -0.1) is 0 Å². The Morgan fingerprint density at radius 2 is 2.24 bits per heavy atom. The lowest BCUT2D eigenvalue weighted by molar-refractivity contribution is 0.1000. The van der Waals surface area contributed by atoms with Crippen LogP contribution in [0.4, 0.5) is 4.39 Å². The molecule has 17 heavy (non-hydrogen) atoms. The van der Waals surface area contributed by atoms with E-state index in [0.717, 1.165) is 0 Å². The number of hydrogen-bond donors (Lipinski definition) is 2. The number of nitrogens with two attached hydrogens (primary N) is 1. The van der Waals surface area contributed by atoms with Crippen molar-refractivity contribution in [3.8, 4) is 0 Å². The molecule has 0 spiro atoms. The SMILES string of the molecule is COC(C)CC(NN)c1ccc(Br)c(Cl)c1F. The molecular weight excluding hydrogens is 310 g/mol. The van der Waals surface area contributed by atoms with Crippen molar-refractivity contribution in [2.45, 2.75) is 25.5 Å². The van der Waals surface area contributed by atoms with Gasteiger partial charge in [0.25, 0.3) is 0 Å². The first-order valence-corrected chi connectivity index (χ1v) is 6.30. The van der Waals surface area contributed by atoms with Gasteiger partial charge in [0.05, 0.1) is 17.2 Å². The van der Waals surface area contributed by atoms with E-state index in [0.29, 0.717) is 16.5 Å². The molecule has 0 fully saturated rings. The molecule has 0 heterocycles. The van der Waals surface area contributed by atoms with Crippen LogP contribution in [0.5, 0.6) is 0 Å². The third kappa shape index (κ3) is 3.63. The van der Waals surface area contributed by atoms with Crippen molar-refractivity contribution in [2.75, 3.05) is 7.11 Å². The van der Waals surface area contributed by atoms with Gasteiger partial charge in [-0.2, -0.15) is 0 Å². The molecule has 1 aromatic carbocycles. The lowest BCUT2D eigenvalue weighted by Gasteiger charge is -2.21. The molecule has 0 amide bonds.